The SMILES string of the molecule is Cc1ccc2nc(SCC(C(=O)O)C(F)(F)F)[nH]c2c1. The molecule has 0 saturated carbocycles. The second kappa shape index (κ2) is 5.35. The van der Waals surface area contributed by atoms with Crippen molar-refractivity contribution in [2.24, 2.45) is 5.92 Å². The van der Waals surface area contributed by atoms with Gasteiger partial charge in [-0.15, -0.1) is 0 Å². The van der Waals surface area contributed by atoms with Crippen molar-refractivity contribution in [1.29, 1.82) is 0 Å². The number of rotatable bonds is 4. The molecule has 1 heterocycles. The monoisotopic (exact) mass is 304 g/mol. The van der Waals surface area contributed by atoms with E-state index in [1.165, 1.54) is 0 Å². The lowest BCUT2D eigenvalue weighted by atomic mass is 10.2. The Labute approximate surface area is 116 Å². The van der Waals surface area contributed by atoms with Crippen LogP contribution < -0.4 is 0 Å². The summed E-state index contributed by atoms with van der Waals surface area (Å²) < 4.78 is 37.5. The molecule has 2 rings (SSSR count). The lowest BCUT2D eigenvalue weighted by Crippen LogP contribution is -2.32. The molecule has 0 saturated heterocycles. The van der Waals surface area contributed by atoms with Gasteiger partial charge in [-0.25, -0.2) is 4.98 Å². The Balaban J connectivity index is 2.14. The number of aliphatic carboxylic acids is 1. The summed E-state index contributed by atoms with van der Waals surface area (Å²) in [5.74, 6) is -4.89. The van der Waals surface area contributed by atoms with E-state index in [4.69, 9.17) is 5.11 Å². The van der Waals surface area contributed by atoms with Gasteiger partial charge >= 0.3 is 12.1 Å². The standard InChI is InChI=1S/C12H11F3N2O2S/c1-6-2-3-8-9(4-6)17-11(16-8)20-5-7(10(18)19)12(13,14)15/h2-4,7H,5H2,1H3,(H,16,17)(H,18,19). The van der Waals surface area contributed by atoms with Crippen LogP contribution in [-0.2, 0) is 4.79 Å². The fraction of sp³-hybridized carbons (Fsp3) is 0.333. The van der Waals surface area contributed by atoms with Crippen LogP contribution in [0.4, 0.5) is 13.2 Å². The van der Waals surface area contributed by atoms with Crippen LogP contribution in [0.3, 0.4) is 0 Å². The van der Waals surface area contributed by atoms with Gasteiger partial charge in [-0.2, -0.15) is 13.2 Å². The topological polar surface area (TPSA) is 66.0 Å². The number of aryl methyl sites for hydroxylation is 1. The van der Waals surface area contributed by atoms with Gasteiger partial charge in [0.15, 0.2) is 11.1 Å². The highest BCUT2D eigenvalue weighted by molar-refractivity contribution is 7.99. The summed E-state index contributed by atoms with van der Waals surface area (Å²) in [5, 5.41) is 8.88. The fourth-order valence-corrected chi connectivity index (χ4v) is 2.64. The molecule has 2 aromatic rings. The Morgan fingerprint density at radius 2 is 2.20 bits per heavy atom. The predicted molar refractivity (Wildman–Crippen MR) is 68.7 cm³/mol. The molecule has 4 nitrogen and oxygen atoms in total. The molecule has 0 spiro atoms. The molecule has 1 unspecified atom stereocenters. The molecule has 0 radical (unpaired) electrons. The van der Waals surface area contributed by atoms with Crippen molar-refractivity contribution in [1.82, 2.24) is 9.97 Å². The van der Waals surface area contributed by atoms with Crippen LogP contribution in [0.15, 0.2) is 23.4 Å². The Bertz CT molecular complexity index is 639. The lowest BCUT2D eigenvalue weighted by molar-refractivity contribution is -0.188. The summed E-state index contributed by atoms with van der Waals surface area (Å²) in [7, 11) is 0. The second-order valence-electron chi connectivity index (χ2n) is 4.31. The number of nitrogens with one attached hydrogen (secondary N) is 1. The van der Waals surface area contributed by atoms with Gasteiger partial charge in [-0.3, -0.25) is 4.79 Å². The third kappa shape index (κ3) is 3.24. The Kier molecular flexibility index (Phi) is 3.94. The first-order valence-electron chi connectivity index (χ1n) is 5.66. The number of benzene rings is 1. The number of carboxylic acids is 1. The van der Waals surface area contributed by atoms with Crippen LogP contribution in [0.25, 0.3) is 11.0 Å². The van der Waals surface area contributed by atoms with Crippen LogP contribution in [0.2, 0.25) is 0 Å². The van der Waals surface area contributed by atoms with Gasteiger partial charge < -0.3 is 10.1 Å². The van der Waals surface area contributed by atoms with Gasteiger partial charge in [-0.05, 0) is 24.6 Å². The van der Waals surface area contributed by atoms with E-state index >= 15 is 0 Å². The van der Waals surface area contributed by atoms with Crippen LogP contribution in [0, 0.1) is 12.8 Å². The number of H-pyrrole nitrogens is 1. The van der Waals surface area contributed by atoms with Gasteiger partial charge in [0.2, 0.25) is 0 Å². The highest BCUT2D eigenvalue weighted by atomic mass is 32.2. The number of aromatic nitrogens is 2. The molecule has 0 fully saturated rings. The number of carboxylic acid groups (broad SMARTS) is 1. The van der Waals surface area contributed by atoms with Gasteiger partial charge in [-0.1, -0.05) is 17.8 Å². The lowest BCUT2D eigenvalue weighted by Gasteiger charge is -2.14. The van der Waals surface area contributed by atoms with Crippen molar-refractivity contribution >= 4 is 28.8 Å². The molecule has 0 aliphatic rings. The number of thioether (sulfide) groups is 1. The van der Waals surface area contributed by atoms with Crippen molar-refractivity contribution < 1.29 is 23.1 Å². The highest BCUT2D eigenvalue weighted by Gasteiger charge is 2.45. The summed E-state index contributed by atoms with van der Waals surface area (Å²) in [6.45, 7) is 1.89. The number of hydrogen-bond donors (Lipinski definition) is 2. The van der Waals surface area contributed by atoms with Gasteiger partial charge in [0.05, 0.1) is 11.0 Å². The predicted octanol–water partition coefficient (Wildman–Crippen LogP) is 3.23. The Hall–Kier alpha value is -1.70. The number of hydrogen-bond acceptors (Lipinski definition) is 3. The maximum Gasteiger partial charge on any atom is 0.403 e. The molecule has 20 heavy (non-hydrogen) atoms. The number of carbonyl (C=O) groups is 1. The van der Waals surface area contributed by atoms with Gasteiger partial charge in [0.1, 0.15) is 0 Å². The zero-order valence-electron chi connectivity index (χ0n) is 10.4. The summed E-state index contributed by atoms with van der Waals surface area (Å²) in [6, 6.07) is 5.42. The number of nitrogens with zero attached hydrogens (tertiary/aromatic N) is 1. The maximum absolute atomic E-state index is 12.5. The Morgan fingerprint density at radius 3 is 2.80 bits per heavy atom. The number of imidazole rings is 1. The molecule has 108 valence electrons. The summed E-state index contributed by atoms with van der Waals surface area (Å²) in [6.07, 6.45) is -4.76. The zero-order chi connectivity index (χ0) is 14.9. The number of alkyl halides is 3. The average Bonchev–Trinajstić information content (AvgIpc) is 2.68. The van der Waals surface area contributed by atoms with Crippen molar-refractivity contribution in [3.8, 4) is 0 Å². The number of halogens is 3. The molecular formula is C12H11F3N2O2S. The average molecular weight is 304 g/mol. The van der Waals surface area contributed by atoms with E-state index in [9.17, 15) is 18.0 Å². The molecule has 0 bridgehead atoms. The fourth-order valence-electron chi connectivity index (χ4n) is 1.64. The van der Waals surface area contributed by atoms with Crippen LogP contribution in [-0.4, -0.2) is 33.0 Å². The number of fused-ring (bicyclic) bond motifs is 1. The van der Waals surface area contributed by atoms with Crippen LogP contribution in [0.1, 0.15) is 5.56 Å². The zero-order valence-corrected chi connectivity index (χ0v) is 11.2. The molecule has 1 atom stereocenters. The molecule has 8 heteroatoms. The normalized spacial score (nSPS) is 13.6. The van der Waals surface area contributed by atoms with Crippen LogP contribution in [0.5, 0.6) is 0 Å². The van der Waals surface area contributed by atoms with Crippen LogP contribution >= 0.6 is 11.8 Å². The quantitative estimate of drug-likeness (QED) is 0.851. The minimum absolute atomic E-state index is 0.279. The summed E-state index contributed by atoms with van der Waals surface area (Å²) in [5.41, 5.74) is 2.35. The third-order valence-corrected chi connectivity index (χ3v) is 3.66. The van der Waals surface area contributed by atoms with E-state index in [1.807, 2.05) is 19.1 Å². The summed E-state index contributed by atoms with van der Waals surface area (Å²) in [4.78, 5) is 17.6. The molecule has 2 N–H and O–H groups in total. The van der Waals surface area contributed by atoms with E-state index in [0.717, 1.165) is 17.3 Å². The number of aromatic amines is 1. The highest BCUT2D eigenvalue weighted by Crippen LogP contribution is 2.31. The third-order valence-electron chi connectivity index (χ3n) is 2.70. The first-order valence-corrected chi connectivity index (χ1v) is 6.64. The van der Waals surface area contributed by atoms with E-state index in [2.05, 4.69) is 9.97 Å². The minimum atomic E-state index is -4.76. The van der Waals surface area contributed by atoms with E-state index in [1.54, 1.807) is 6.07 Å². The molecule has 0 aliphatic carbocycles. The second-order valence-corrected chi connectivity index (χ2v) is 5.31. The van der Waals surface area contributed by atoms with Crippen molar-refractivity contribution in [2.75, 3.05) is 5.75 Å². The largest absolute Gasteiger partial charge is 0.481 e. The van der Waals surface area contributed by atoms with Gasteiger partial charge in [0.25, 0.3) is 0 Å². The summed E-state index contributed by atoms with van der Waals surface area (Å²) >= 11 is 0.748. The first kappa shape index (κ1) is 14.7. The van der Waals surface area contributed by atoms with E-state index in [-0.39, 0.29) is 5.16 Å². The molecule has 0 aliphatic heterocycles. The molecule has 1 aromatic carbocycles. The molecular weight excluding hydrogens is 293 g/mol. The first-order chi connectivity index (χ1) is 9.27. The maximum atomic E-state index is 12.5. The minimum Gasteiger partial charge on any atom is -0.481 e. The smallest absolute Gasteiger partial charge is 0.403 e. The van der Waals surface area contributed by atoms with Crippen molar-refractivity contribution in [3.63, 3.8) is 0 Å². The molecule has 1 aromatic heterocycles. The van der Waals surface area contributed by atoms with Crippen molar-refractivity contribution in [2.45, 2.75) is 18.3 Å². The Morgan fingerprint density at radius 1 is 1.50 bits per heavy atom. The molecule has 0 amide bonds. The van der Waals surface area contributed by atoms with E-state index in [0.29, 0.717) is 11.0 Å². The van der Waals surface area contributed by atoms with Gasteiger partial charge in [0, 0.05) is 5.75 Å². The van der Waals surface area contributed by atoms with E-state index < -0.39 is 23.8 Å². The van der Waals surface area contributed by atoms with Crippen molar-refractivity contribution in [3.05, 3.63) is 23.8 Å².